The first-order chi connectivity index (χ1) is 6.04. The lowest BCUT2D eigenvalue weighted by molar-refractivity contribution is 0.215. The third-order valence-electron chi connectivity index (χ3n) is 1.89. The number of imidazole rings is 1. The quantitative estimate of drug-likeness (QED) is 0.747. The van der Waals surface area contributed by atoms with Crippen LogP contribution in [0.25, 0.3) is 0 Å². The number of aromatic nitrogens is 2. The molecule has 0 spiro atoms. The third kappa shape index (κ3) is 2.81. The number of alkyl halides is 1. The second kappa shape index (κ2) is 3.87. The number of halogens is 1. The summed E-state index contributed by atoms with van der Waals surface area (Å²) in [5.41, 5.74) is 4.54. The summed E-state index contributed by atoms with van der Waals surface area (Å²) in [5, 5.41) is 0. The second-order valence-electron chi connectivity index (χ2n) is 3.61. The molecule has 13 heavy (non-hydrogen) atoms. The van der Waals surface area contributed by atoms with Crippen LogP contribution in [-0.4, -0.2) is 16.5 Å². The molecule has 0 fully saturated rings. The lowest BCUT2D eigenvalue weighted by Crippen LogP contribution is -2.09. The molecule has 4 heteroatoms. The Morgan fingerprint density at radius 1 is 1.62 bits per heavy atom. The molecule has 3 N–H and O–H groups in total. The van der Waals surface area contributed by atoms with Crippen molar-refractivity contribution in [1.82, 2.24) is 9.97 Å². The number of aryl methyl sites for hydroxylation is 1. The molecule has 74 valence electrons. The minimum Gasteiger partial charge on any atom is -0.343 e. The molecule has 3 nitrogen and oxygen atoms in total. The number of nitrogens with two attached hydrogens (primary N) is 1. The molecule has 1 aromatic rings. The van der Waals surface area contributed by atoms with Crippen molar-refractivity contribution in [2.24, 2.45) is 5.73 Å². The van der Waals surface area contributed by atoms with Gasteiger partial charge in [-0.3, -0.25) is 0 Å². The Bertz CT molecular complexity index is 262. The van der Waals surface area contributed by atoms with Gasteiger partial charge in [0, 0.05) is 6.42 Å². The van der Waals surface area contributed by atoms with Crippen LogP contribution >= 0.6 is 0 Å². The molecule has 0 aliphatic rings. The predicted octanol–water partition coefficient (Wildman–Crippen LogP) is 1.51. The van der Waals surface area contributed by atoms with Crippen molar-refractivity contribution < 1.29 is 4.39 Å². The van der Waals surface area contributed by atoms with Crippen molar-refractivity contribution in [2.75, 3.05) is 6.54 Å². The summed E-state index contributed by atoms with van der Waals surface area (Å²) in [4.78, 5) is 7.02. The van der Waals surface area contributed by atoms with E-state index in [2.05, 4.69) is 9.97 Å². The first kappa shape index (κ1) is 10.2. The highest BCUT2D eigenvalue weighted by molar-refractivity contribution is 5.08. The van der Waals surface area contributed by atoms with Gasteiger partial charge >= 0.3 is 0 Å². The SMILES string of the molecule is CC(C)(F)c1cnc(CCCN)[nH]1. The molecule has 0 atom stereocenters. The number of hydrogen-bond acceptors (Lipinski definition) is 2. The van der Waals surface area contributed by atoms with Crippen molar-refractivity contribution in [3.63, 3.8) is 0 Å². The number of aromatic amines is 1. The highest BCUT2D eigenvalue weighted by Gasteiger charge is 2.20. The zero-order chi connectivity index (χ0) is 9.90. The van der Waals surface area contributed by atoms with Gasteiger partial charge in [0.05, 0.1) is 11.9 Å². The Morgan fingerprint density at radius 2 is 2.31 bits per heavy atom. The summed E-state index contributed by atoms with van der Waals surface area (Å²) in [6.45, 7) is 3.65. The van der Waals surface area contributed by atoms with Gasteiger partial charge in [0.2, 0.25) is 0 Å². The molecule has 0 saturated heterocycles. The highest BCUT2D eigenvalue weighted by atomic mass is 19.1. The van der Waals surface area contributed by atoms with Crippen LogP contribution < -0.4 is 5.73 Å². The summed E-state index contributed by atoms with van der Waals surface area (Å²) in [5.74, 6) is 0.811. The van der Waals surface area contributed by atoms with Crippen molar-refractivity contribution in [1.29, 1.82) is 0 Å². The molecule has 0 bridgehead atoms. The lowest BCUT2D eigenvalue weighted by atomic mass is 10.1. The molecule has 1 heterocycles. The van der Waals surface area contributed by atoms with E-state index in [1.54, 1.807) is 6.20 Å². The van der Waals surface area contributed by atoms with Crippen LogP contribution in [0.1, 0.15) is 31.8 Å². The molecule has 0 aliphatic carbocycles. The number of nitrogens with one attached hydrogen (secondary N) is 1. The van der Waals surface area contributed by atoms with Crippen LogP contribution in [0.4, 0.5) is 4.39 Å². The van der Waals surface area contributed by atoms with Gasteiger partial charge in [-0.15, -0.1) is 0 Å². The van der Waals surface area contributed by atoms with Crippen molar-refractivity contribution in [3.8, 4) is 0 Å². The topological polar surface area (TPSA) is 54.7 Å². The fraction of sp³-hybridized carbons (Fsp3) is 0.667. The third-order valence-corrected chi connectivity index (χ3v) is 1.89. The second-order valence-corrected chi connectivity index (χ2v) is 3.61. The van der Waals surface area contributed by atoms with Crippen LogP contribution in [-0.2, 0) is 12.1 Å². The smallest absolute Gasteiger partial charge is 0.146 e. The van der Waals surface area contributed by atoms with Crippen LogP contribution in [0.2, 0.25) is 0 Å². The van der Waals surface area contributed by atoms with E-state index in [4.69, 9.17) is 5.73 Å². The van der Waals surface area contributed by atoms with Crippen LogP contribution in [0.15, 0.2) is 6.20 Å². The van der Waals surface area contributed by atoms with E-state index in [0.717, 1.165) is 18.7 Å². The summed E-state index contributed by atoms with van der Waals surface area (Å²) in [6.07, 6.45) is 3.21. The van der Waals surface area contributed by atoms with E-state index >= 15 is 0 Å². The maximum absolute atomic E-state index is 13.4. The normalized spacial score (nSPS) is 12.0. The minimum absolute atomic E-state index is 0.527. The predicted molar refractivity (Wildman–Crippen MR) is 50.1 cm³/mol. The van der Waals surface area contributed by atoms with Crippen LogP contribution in [0.3, 0.4) is 0 Å². The Morgan fingerprint density at radius 3 is 2.77 bits per heavy atom. The summed E-state index contributed by atoms with van der Waals surface area (Å²) in [6, 6.07) is 0. The molecular formula is C9H16FN3. The summed E-state index contributed by atoms with van der Waals surface area (Å²) < 4.78 is 13.4. The molecule has 1 rings (SSSR count). The molecule has 0 amide bonds. The first-order valence-corrected chi connectivity index (χ1v) is 4.47. The van der Waals surface area contributed by atoms with Gasteiger partial charge in [0.15, 0.2) is 0 Å². The Labute approximate surface area is 77.6 Å². The molecular weight excluding hydrogens is 169 g/mol. The number of H-pyrrole nitrogens is 1. The van der Waals surface area contributed by atoms with Gasteiger partial charge in [0.25, 0.3) is 0 Å². The van der Waals surface area contributed by atoms with Crippen molar-refractivity contribution >= 4 is 0 Å². The van der Waals surface area contributed by atoms with Gasteiger partial charge in [-0.25, -0.2) is 9.37 Å². The number of rotatable bonds is 4. The Hall–Kier alpha value is -0.900. The fourth-order valence-electron chi connectivity index (χ4n) is 1.06. The van der Waals surface area contributed by atoms with Gasteiger partial charge in [-0.2, -0.15) is 0 Å². The number of hydrogen-bond donors (Lipinski definition) is 2. The molecule has 0 aliphatic heterocycles. The van der Waals surface area contributed by atoms with E-state index in [1.807, 2.05) is 0 Å². The summed E-state index contributed by atoms with van der Waals surface area (Å²) in [7, 11) is 0. The van der Waals surface area contributed by atoms with Crippen LogP contribution in [0.5, 0.6) is 0 Å². The maximum atomic E-state index is 13.4. The number of nitrogens with zero attached hydrogens (tertiary/aromatic N) is 1. The van der Waals surface area contributed by atoms with Gasteiger partial charge in [-0.1, -0.05) is 0 Å². The molecule has 1 aromatic heterocycles. The largest absolute Gasteiger partial charge is 0.343 e. The molecule has 0 saturated carbocycles. The van der Waals surface area contributed by atoms with E-state index in [1.165, 1.54) is 13.8 Å². The zero-order valence-electron chi connectivity index (χ0n) is 8.10. The average Bonchev–Trinajstić information content (AvgIpc) is 2.47. The molecule has 0 radical (unpaired) electrons. The van der Waals surface area contributed by atoms with Gasteiger partial charge in [0.1, 0.15) is 11.5 Å². The van der Waals surface area contributed by atoms with Crippen molar-refractivity contribution in [3.05, 3.63) is 17.7 Å². The minimum atomic E-state index is -1.34. The molecule has 0 aromatic carbocycles. The van der Waals surface area contributed by atoms with Crippen LogP contribution in [0, 0.1) is 0 Å². The standard InChI is InChI=1S/C9H16FN3/c1-9(2,10)7-6-12-8(13-7)4-3-5-11/h6H,3-5,11H2,1-2H3,(H,12,13). The van der Waals surface area contributed by atoms with Crippen molar-refractivity contribution in [2.45, 2.75) is 32.4 Å². The fourth-order valence-corrected chi connectivity index (χ4v) is 1.06. The molecule has 0 unspecified atom stereocenters. The maximum Gasteiger partial charge on any atom is 0.146 e. The first-order valence-electron chi connectivity index (χ1n) is 4.47. The van der Waals surface area contributed by atoms with Gasteiger partial charge in [-0.05, 0) is 26.8 Å². The van der Waals surface area contributed by atoms with E-state index in [9.17, 15) is 4.39 Å². The summed E-state index contributed by atoms with van der Waals surface area (Å²) >= 11 is 0. The monoisotopic (exact) mass is 185 g/mol. The average molecular weight is 185 g/mol. The van der Waals surface area contributed by atoms with E-state index in [0.29, 0.717) is 12.2 Å². The van der Waals surface area contributed by atoms with E-state index in [-0.39, 0.29) is 0 Å². The Balaban J connectivity index is 2.64. The Kier molecular flexibility index (Phi) is 3.03. The highest BCUT2D eigenvalue weighted by Crippen LogP contribution is 2.22. The van der Waals surface area contributed by atoms with Gasteiger partial charge < -0.3 is 10.7 Å². The lowest BCUT2D eigenvalue weighted by Gasteiger charge is -2.10. The zero-order valence-corrected chi connectivity index (χ0v) is 8.10. The van der Waals surface area contributed by atoms with E-state index < -0.39 is 5.67 Å².